The minimum absolute atomic E-state index is 0.0436. The molecule has 1 atom stereocenters. The maximum Gasteiger partial charge on any atom is 0.234 e. The van der Waals surface area contributed by atoms with Crippen molar-refractivity contribution in [2.75, 3.05) is 32.8 Å². The lowest BCUT2D eigenvalue weighted by atomic mass is 9.97. The maximum atomic E-state index is 12.2. The third kappa shape index (κ3) is 5.94. The highest BCUT2D eigenvalue weighted by Crippen LogP contribution is 2.23. The summed E-state index contributed by atoms with van der Waals surface area (Å²) >= 11 is 3.46. The predicted octanol–water partition coefficient (Wildman–Crippen LogP) is 3.83. The number of benzene rings is 1. The molecule has 0 saturated carbocycles. The predicted molar refractivity (Wildman–Crippen MR) is 103 cm³/mol. The number of hydrogen-bond acceptors (Lipinski definition) is 3. The van der Waals surface area contributed by atoms with Crippen LogP contribution in [0.25, 0.3) is 0 Å². The number of ether oxygens (including phenoxy) is 1. The van der Waals surface area contributed by atoms with E-state index in [1.807, 2.05) is 12.1 Å². The first-order valence-corrected chi connectivity index (χ1v) is 10.0. The van der Waals surface area contributed by atoms with Crippen LogP contribution >= 0.6 is 15.9 Å². The molecule has 2 aliphatic rings. The van der Waals surface area contributed by atoms with Crippen LogP contribution < -0.4 is 5.32 Å². The highest BCUT2D eigenvalue weighted by Gasteiger charge is 2.23. The van der Waals surface area contributed by atoms with Gasteiger partial charge in [0.2, 0.25) is 5.91 Å². The van der Waals surface area contributed by atoms with Crippen molar-refractivity contribution in [1.82, 2.24) is 10.2 Å². The van der Waals surface area contributed by atoms with Crippen molar-refractivity contribution in [3.05, 3.63) is 46.0 Å². The van der Waals surface area contributed by atoms with Gasteiger partial charge in [0.15, 0.2) is 0 Å². The van der Waals surface area contributed by atoms with E-state index >= 15 is 0 Å². The average Bonchev–Trinajstić information content (AvgIpc) is 2.63. The van der Waals surface area contributed by atoms with Crippen LogP contribution in [0.15, 0.2) is 40.4 Å². The first-order valence-electron chi connectivity index (χ1n) is 9.25. The SMILES string of the molecule is O=C(CN1CCOC(c2ccc(Br)cc2)C1)NCCC1=CCCCC1. The first-order chi connectivity index (χ1) is 12.2. The minimum Gasteiger partial charge on any atom is -0.371 e. The number of morpholine rings is 1. The van der Waals surface area contributed by atoms with Crippen LogP contribution in [0.2, 0.25) is 0 Å². The van der Waals surface area contributed by atoms with Crippen LogP contribution in [0.1, 0.15) is 43.8 Å². The van der Waals surface area contributed by atoms with Crippen molar-refractivity contribution in [2.24, 2.45) is 0 Å². The normalized spacial score (nSPS) is 21.6. The Morgan fingerprint density at radius 2 is 2.12 bits per heavy atom. The van der Waals surface area contributed by atoms with Crippen molar-refractivity contribution in [2.45, 2.75) is 38.2 Å². The Hall–Kier alpha value is -1.17. The van der Waals surface area contributed by atoms with Crippen LogP contribution in [-0.4, -0.2) is 43.6 Å². The molecular weight excluding hydrogens is 380 g/mol. The van der Waals surface area contributed by atoms with Gasteiger partial charge in [0.05, 0.1) is 19.3 Å². The lowest BCUT2D eigenvalue weighted by Gasteiger charge is -2.32. The van der Waals surface area contributed by atoms with E-state index in [0.29, 0.717) is 13.2 Å². The molecule has 1 unspecified atom stereocenters. The summed E-state index contributed by atoms with van der Waals surface area (Å²) < 4.78 is 6.95. The second-order valence-corrected chi connectivity index (χ2v) is 7.77. The molecule has 4 nitrogen and oxygen atoms in total. The first kappa shape index (κ1) is 18.6. The molecule has 0 radical (unpaired) electrons. The molecule has 1 fully saturated rings. The summed E-state index contributed by atoms with van der Waals surface area (Å²) in [5.74, 6) is 0.118. The molecule has 1 aliphatic heterocycles. The number of hydrogen-bond donors (Lipinski definition) is 1. The number of allylic oxidation sites excluding steroid dienone is 1. The van der Waals surface area contributed by atoms with Crippen LogP contribution in [-0.2, 0) is 9.53 Å². The molecule has 136 valence electrons. The highest BCUT2D eigenvalue weighted by atomic mass is 79.9. The molecule has 0 aromatic heterocycles. The van der Waals surface area contributed by atoms with Gasteiger partial charge in [-0.15, -0.1) is 0 Å². The van der Waals surface area contributed by atoms with E-state index in [9.17, 15) is 4.79 Å². The van der Waals surface area contributed by atoms with E-state index in [4.69, 9.17) is 4.74 Å². The summed E-state index contributed by atoms with van der Waals surface area (Å²) in [5.41, 5.74) is 2.67. The van der Waals surface area contributed by atoms with Crippen LogP contribution in [0, 0.1) is 0 Å². The molecule has 1 N–H and O–H groups in total. The Morgan fingerprint density at radius 3 is 2.88 bits per heavy atom. The molecule has 1 amide bonds. The number of carbonyl (C=O) groups is 1. The number of carbonyl (C=O) groups excluding carboxylic acids is 1. The summed E-state index contributed by atoms with van der Waals surface area (Å²) in [7, 11) is 0. The Morgan fingerprint density at radius 1 is 1.28 bits per heavy atom. The van der Waals surface area contributed by atoms with Gasteiger partial charge in [-0.3, -0.25) is 9.69 Å². The second-order valence-electron chi connectivity index (χ2n) is 6.85. The minimum atomic E-state index is 0.0436. The Labute approximate surface area is 158 Å². The number of amides is 1. The van der Waals surface area contributed by atoms with E-state index in [1.165, 1.54) is 31.3 Å². The second kappa shape index (κ2) is 9.51. The molecule has 1 aromatic rings. The monoisotopic (exact) mass is 406 g/mol. The zero-order valence-electron chi connectivity index (χ0n) is 14.7. The average molecular weight is 407 g/mol. The van der Waals surface area contributed by atoms with E-state index in [-0.39, 0.29) is 12.0 Å². The fourth-order valence-electron chi connectivity index (χ4n) is 3.48. The lowest BCUT2D eigenvalue weighted by molar-refractivity contribution is -0.124. The third-order valence-corrected chi connectivity index (χ3v) is 5.44. The van der Waals surface area contributed by atoms with Gasteiger partial charge in [0.25, 0.3) is 0 Å². The summed E-state index contributed by atoms with van der Waals surface area (Å²) in [4.78, 5) is 14.4. The van der Waals surface area contributed by atoms with Gasteiger partial charge in [-0.05, 0) is 49.8 Å². The van der Waals surface area contributed by atoms with Gasteiger partial charge >= 0.3 is 0 Å². The Kier molecular flexibility index (Phi) is 7.08. The van der Waals surface area contributed by atoms with Gasteiger partial charge < -0.3 is 10.1 Å². The number of rotatable bonds is 6. The summed E-state index contributed by atoms with van der Waals surface area (Å²) in [5, 5.41) is 3.07. The number of halogens is 1. The van der Waals surface area contributed by atoms with Crippen LogP contribution in [0.5, 0.6) is 0 Å². The Bertz CT molecular complexity index is 600. The summed E-state index contributed by atoms with van der Waals surface area (Å²) in [6.07, 6.45) is 8.40. The van der Waals surface area contributed by atoms with Gasteiger partial charge in [0.1, 0.15) is 0 Å². The molecule has 1 saturated heterocycles. The van der Waals surface area contributed by atoms with Crippen molar-refractivity contribution in [3.63, 3.8) is 0 Å². The topological polar surface area (TPSA) is 41.6 Å². The molecule has 1 heterocycles. The third-order valence-electron chi connectivity index (χ3n) is 4.91. The van der Waals surface area contributed by atoms with Gasteiger partial charge in [-0.25, -0.2) is 0 Å². The lowest BCUT2D eigenvalue weighted by Crippen LogP contribution is -2.44. The fraction of sp³-hybridized carbons (Fsp3) is 0.550. The zero-order valence-corrected chi connectivity index (χ0v) is 16.3. The van der Waals surface area contributed by atoms with Gasteiger partial charge in [-0.1, -0.05) is 39.7 Å². The molecule has 0 spiro atoms. The van der Waals surface area contributed by atoms with Crippen LogP contribution in [0.4, 0.5) is 0 Å². The standard InChI is InChI=1S/C20H27BrN2O2/c21-18-8-6-17(7-9-18)19-14-23(12-13-25-19)15-20(24)22-11-10-16-4-2-1-3-5-16/h4,6-9,19H,1-3,5,10-15H2,(H,22,24). The molecular formula is C20H27BrN2O2. The van der Waals surface area contributed by atoms with Crippen molar-refractivity contribution >= 4 is 21.8 Å². The molecule has 0 bridgehead atoms. The fourth-order valence-corrected chi connectivity index (χ4v) is 3.74. The molecule has 1 aromatic carbocycles. The van der Waals surface area contributed by atoms with Crippen molar-refractivity contribution in [1.29, 1.82) is 0 Å². The van der Waals surface area contributed by atoms with E-state index < -0.39 is 0 Å². The smallest absolute Gasteiger partial charge is 0.234 e. The van der Waals surface area contributed by atoms with Crippen molar-refractivity contribution in [3.8, 4) is 0 Å². The quantitative estimate of drug-likeness (QED) is 0.729. The van der Waals surface area contributed by atoms with Gasteiger partial charge in [0, 0.05) is 24.1 Å². The Balaban J connectivity index is 1.41. The molecule has 1 aliphatic carbocycles. The summed E-state index contributed by atoms with van der Waals surface area (Å²) in [6, 6.07) is 8.22. The number of nitrogens with one attached hydrogen (secondary N) is 1. The summed E-state index contributed by atoms with van der Waals surface area (Å²) in [6.45, 7) is 3.45. The molecule has 5 heteroatoms. The molecule has 3 rings (SSSR count). The molecule has 25 heavy (non-hydrogen) atoms. The van der Waals surface area contributed by atoms with Crippen LogP contribution in [0.3, 0.4) is 0 Å². The highest BCUT2D eigenvalue weighted by molar-refractivity contribution is 9.10. The van der Waals surface area contributed by atoms with E-state index in [1.54, 1.807) is 0 Å². The van der Waals surface area contributed by atoms with Crippen molar-refractivity contribution < 1.29 is 9.53 Å². The zero-order chi connectivity index (χ0) is 17.5. The number of nitrogens with zero attached hydrogens (tertiary/aromatic N) is 1. The van der Waals surface area contributed by atoms with Gasteiger partial charge in [-0.2, -0.15) is 0 Å². The maximum absolute atomic E-state index is 12.2. The largest absolute Gasteiger partial charge is 0.371 e. The van der Waals surface area contributed by atoms with E-state index in [0.717, 1.165) is 36.1 Å². The van der Waals surface area contributed by atoms with E-state index in [2.05, 4.69) is 44.4 Å².